The monoisotopic (exact) mass is 691 g/mol. The molecule has 5 nitrogen and oxygen atoms in total. The van der Waals surface area contributed by atoms with Crippen LogP contribution in [-0.2, 0) is 13.1 Å². The molecule has 0 atom stereocenters. The van der Waals surface area contributed by atoms with Gasteiger partial charge in [0.05, 0.1) is 17.6 Å². The van der Waals surface area contributed by atoms with Gasteiger partial charge in [-0.2, -0.15) is 0 Å². The van der Waals surface area contributed by atoms with Gasteiger partial charge in [0.25, 0.3) is 0 Å². The van der Waals surface area contributed by atoms with E-state index in [1.807, 2.05) is 49.1 Å². The number of rotatable bonds is 5. The largest absolute Gasteiger partial charge is 0.363 e. The summed E-state index contributed by atoms with van der Waals surface area (Å²) in [7, 11) is 0. The Labute approximate surface area is 313 Å². The third-order valence-corrected chi connectivity index (χ3v) is 10.6. The summed E-state index contributed by atoms with van der Waals surface area (Å²) in [6.45, 7) is 9.24. The second-order valence-electron chi connectivity index (χ2n) is 13.9. The lowest BCUT2D eigenvalue weighted by Gasteiger charge is -2.24. The van der Waals surface area contributed by atoms with Crippen molar-refractivity contribution in [2.24, 2.45) is 0 Å². The normalized spacial score (nSPS) is 12.2. The van der Waals surface area contributed by atoms with Crippen molar-refractivity contribution in [3.63, 3.8) is 0 Å². The average Bonchev–Trinajstić information content (AvgIpc) is 3.48. The highest BCUT2D eigenvalue weighted by Crippen LogP contribution is 2.41. The molecule has 0 N–H and O–H groups in total. The predicted molar refractivity (Wildman–Crippen MR) is 221 cm³/mol. The lowest BCUT2D eigenvalue weighted by Crippen LogP contribution is -2.20. The van der Waals surface area contributed by atoms with Gasteiger partial charge in [0, 0.05) is 65.8 Å². The molecule has 0 saturated carbocycles. The molecule has 0 spiro atoms. The Hall–Kier alpha value is -7.29. The lowest BCUT2D eigenvalue weighted by atomic mass is 9.90. The van der Waals surface area contributed by atoms with Crippen molar-refractivity contribution in [1.29, 1.82) is 0 Å². The van der Waals surface area contributed by atoms with E-state index in [2.05, 4.69) is 152 Å². The van der Waals surface area contributed by atoms with Crippen LogP contribution in [0.2, 0.25) is 0 Å². The summed E-state index contributed by atoms with van der Waals surface area (Å²) in [5.74, 6) is 0. The summed E-state index contributed by atoms with van der Waals surface area (Å²) in [6, 6.07) is 54.1. The van der Waals surface area contributed by atoms with Crippen LogP contribution < -0.4 is 4.90 Å². The highest BCUT2D eigenvalue weighted by molar-refractivity contribution is 6.10. The minimum Gasteiger partial charge on any atom is -0.363 e. The molecule has 0 aliphatic carbocycles. The molecule has 0 radical (unpaired) electrons. The van der Waals surface area contributed by atoms with Crippen LogP contribution in [-0.4, -0.2) is 14.5 Å². The van der Waals surface area contributed by atoms with Crippen LogP contribution in [0.15, 0.2) is 176 Å². The fourth-order valence-corrected chi connectivity index (χ4v) is 8.03. The average molecular weight is 692 g/mol. The number of anilines is 1. The molecule has 10 rings (SSSR count). The third kappa shape index (κ3) is 5.49. The number of nitrogens with zero attached hydrogens (tertiary/aromatic N) is 5. The first-order valence-electron chi connectivity index (χ1n) is 18.1. The van der Waals surface area contributed by atoms with Gasteiger partial charge in [-0.3, -0.25) is 9.97 Å². The van der Waals surface area contributed by atoms with Crippen LogP contribution in [0, 0.1) is 6.57 Å². The maximum Gasteiger partial charge on any atom is 0.188 e. The molecule has 1 aliphatic heterocycles. The Morgan fingerprint density at radius 1 is 0.463 bits per heavy atom. The van der Waals surface area contributed by atoms with E-state index < -0.39 is 0 Å². The lowest BCUT2D eigenvalue weighted by molar-refractivity contribution is 0.812. The molecule has 54 heavy (non-hydrogen) atoms. The zero-order valence-electron chi connectivity index (χ0n) is 29.4. The standard InChI is InChI=1S/C49H33N5/c1-50-41-18-20-49-47(27-41)44-13-5-6-14-48(44)54(49)43-19-17-37-32-53(42-11-3-2-4-12-42)31-36-16-15-33(26-45(36)46(37)28-43)38-23-39(34-9-7-21-51-29-34)25-40(24-38)35-10-8-22-52-30-35/h2-30H,31-32H2. The third-order valence-electron chi connectivity index (χ3n) is 10.6. The molecule has 0 bridgehead atoms. The van der Waals surface area contributed by atoms with Gasteiger partial charge < -0.3 is 9.47 Å². The predicted octanol–water partition coefficient (Wildman–Crippen LogP) is 12.3. The first-order valence-corrected chi connectivity index (χ1v) is 18.1. The molecule has 6 aromatic carbocycles. The Balaban J connectivity index is 1.18. The second-order valence-corrected chi connectivity index (χ2v) is 13.9. The van der Waals surface area contributed by atoms with E-state index in [-0.39, 0.29) is 0 Å². The molecule has 254 valence electrons. The van der Waals surface area contributed by atoms with Crippen LogP contribution in [0.4, 0.5) is 11.4 Å². The van der Waals surface area contributed by atoms with E-state index in [0.29, 0.717) is 5.69 Å². The zero-order chi connectivity index (χ0) is 36.0. The Kier molecular flexibility index (Phi) is 7.59. The SMILES string of the molecule is [C-]#[N+]c1ccc2c(c1)c1ccccc1n2-c1ccc2c(c1)-c1cc(-c3cc(-c4cccnc4)cc(-c4cccnc4)c3)ccc1CN(c1ccccc1)C2. The van der Waals surface area contributed by atoms with E-state index in [4.69, 9.17) is 6.57 Å². The summed E-state index contributed by atoms with van der Waals surface area (Å²) >= 11 is 0. The fraction of sp³-hybridized carbons (Fsp3) is 0.0408. The van der Waals surface area contributed by atoms with Crippen LogP contribution in [0.3, 0.4) is 0 Å². The summed E-state index contributed by atoms with van der Waals surface area (Å²) in [6.07, 6.45) is 7.49. The highest BCUT2D eigenvalue weighted by atomic mass is 15.1. The minimum absolute atomic E-state index is 0.647. The molecular weight excluding hydrogens is 659 g/mol. The van der Waals surface area contributed by atoms with Crippen molar-refractivity contribution in [1.82, 2.24) is 14.5 Å². The van der Waals surface area contributed by atoms with Crippen molar-refractivity contribution in [3.05, 3.63) is 199 Å². The van der Waals surface area contributed by atoms with Crippen LogP contribution in [0.5, 0.6) is 0 Å². The van der Waals surface area contributed by atoms with Crippen molar-refractivity contribution in [2.45, 2.75) is 13.1 Å². The first-order chi connectivity index (χ1) is 26.7. The highest BCUT2D eigenvalue weighted by Gasteiger charge is 2.23. The van der Waals surface area contributed by atoms with Crippen molar-refractivity contribution in [2.75, 3.05) is 4.90 Å². The number of aromatic nitrogens is 3. The molecule has 0 unspecified atom stereocenters. The number of hydrogen-bond donors (Lipinski definition) is 0. The number of para-hydroxylation sites is 2. The minimum atomic E-state index is 0.647. The maximum atomic E-state index is 7.67. The molecule has 0 fully saturated rings. The van der Waals surface area contributed by atoms with Gasteiger partial charge in [-0.15, -0.1) is 0 Å². The molecule has 9 aromatic rings. The Morgan fingerprint density at radius 2 is 1.09 bits per heavy atom. The van der Waals surface area contributed by atoms with E-state index >= 15 is 0 Å². The zero-order valence-corrected chi connectivity index (χ0v) is 29.4. The molecule has 0 amide bonds. The van der Waals surface area contributed by atoms with Crippen LogP contribution in [0.25, 0.3) is 76.8 Å². The van der Waals surface area contributed by atoms with Gasteiger partial charge in [-0.05, 0) is 129 Å². The van der Waals surface area contributed by atoms with E-state index in [1.165, 1.54) is 27.9 Å². The molecule has 3 aromatic heterocycles. The second kappa shape index (κ2) is 13.0. The summed E-state index contributed by atoms with van der Waals surface area (Å²) in [5.41, 5.74) is 16.8. The van der Waals surface area contributed by atoms with Crippen molar-refractivity contribution < 1.29 is 0 Å². The van der Waals surface area contributed by atoms with Crippen molar-refractivity contribution >= 4 is 33.2 Å². The fourth-order valence-electron chi connectivity index (χ4n) is 8.03. The number of fused-ring (bicyclic) bond motifs is 6. The first kappa shape index (κ1) is 31.4. The molecule has 4 heterocycles. The smallest absolute Gasteiger partial charge is 0.188 e. The number of pyridine rings is 2. The molecule has 0 saturated heterocycles. The topological polar surface area (TPSA) is 38.3 Å². The quantitative estimate of drug-likeness (QED) is 0.169. The van der Waals surface area contributed by atoms with Gasteiger partial charge in [0.1, 0.15) is 0 Å². The molecule has 5 heteroatoms. The van der Waals surface area contributed by atoms with Gasteiger partial charge in [-0.25, -0.2) is 4.85 Å². The van der Waals surface area contributed by atoms with Gasteiger partial charge in [0.2, 0.25) is 0 Å². The van der Waals surface area contributed by atoms with Gasteiger partial charge in [-0.1, -0.05) is 72.8 Å². The number of hydrogen-bond acceptors (Lipinski definition) is 3. The Morgan fingerprint density at radius 3 is 1.78 bits per heavy atom. The van der Waals surface area contributed by atoms with Crippen LogP contribution in [0.1, 0.15) is 11.1 Å². The van der Waals surface area contributed by atoms with Gasteiger partial charge >= 0.3 is 0 Å². The number of benzene rings is 6. The van der Waals surface area contributed by atoms with E-state index in [1.54, 1.807) is 0 Å². The maximum absolute atomic E-state index is 7.67. The summed E-state index contributed by atoms with van der Waals surface area (Å²) in [4.78, 5) is 15.1. The van der Waals surface area contributed by atoms with E-state index in [9.17, 15) is 0 Å². The Bertz CT molecular complexity index is 2830. The molecular formula is C49H33N5. The summed E-state index contributed by atoms with van der Waals surface area (Å²) < 4.78 is 2.35. The van der Waals surface area contributed by atoms with Crippen LogP contribution >= 0.6 is 0 Å². The molecule has 1 aliphatic rings. The summed E-state index contributed by atoms with van der Waals surface area (Å²) in [5, 5.41) is 2.23. The van der Waals surface area contributed by atoms with E-state index in [0.717, 1.165) is 74.0 Å². The van der Waals surface area contributed by atoms with Gasteiger partial charge in [0.15, 0.2) is 5.69 Å². The van der Waals surface area contributed by atoms with Crippen molar-refractivity contribution in [3.8, 4) is 50.2 Å².